The minimum atomic E-state index is -3.82. The van der Waals surface area contributed by atoms with Gasteiger partial charge in [0, 0.05) is 37.9 Å². The first-order valence-corrected chi connectivity index (χ1v) is 11.0. The molecule has 2 aliphatic rings. The lowest BCUT2D eigenvalue weighted by Gasteiger charge is -2.27. The number of rotatable bonds is 8. The fourth-order valence-corrected chi connectivity index (χ4v) is 4.81. The largest absolute Gasteiger partial charge is 0.474 e. The Morgan fingerprint density at radius 1 is 1.07 bits per heavy atom. The van der Waals surface area contributed by atoms with Crippen molar-refractivity contribution in [2.75, 3.05) is 13.7 Å². The van der Waals surface area contributed by atoms with E-state index in [2.05, 4.69) is 0 Å². The van der Waals surface area contributed by atoms with Gasteiger partial charge in [-0.1, -0.05) is 20.8 Å². The molecule has 0 aromatic heterocycles. The quantitative estimate of drug-likeness (QED) is 0.328. The summed E-state index contributed by atoms with van der Waals surface area (Å²) in [6.45, 7) is 7.21. The Bertz CT molecular complexity index is 565. The number of phosphoric acid groups is 1. The van der Waals surface area contributed by atoms with Gasteiger partial charge in [0.1, 0.15) is 27.9 Å². The van der Waals surface area contributed by atoms with E-state index in [4.69, 9.17) is 27.8 Å². The zero-order valence-corrected chi connectivity index (χ0v) is 18.1. The summed E-state index contributed by atoms with van der Waals surface area (Å²) < 4.78 is 46.5. The van der Waals surface area contributed by atoms with E-state index in [0.717, 1.165) is 6.42 Å². The van der Waals surface area contributed by atoms with Crippen LogP contribution in [0.1, 0.15) is 34.1 Å². The van der Waals surface area contributed by atoms with E-state index in [0.29, 0.717) is 0 Å². The van der Waals surface area contributed by atoms with Crippen molar-refractivity contribution in [2.45, 2.75) is 70.5 Å². The van der Waals surface area contributed by atoms with Crippen LogP contribution < -0.4 is 0 Å². The van der Waals surface area contributed by atoms with E-state index in [1.807, 2.05) is 36.5 Å². The van der Waals surface area contributed by atoms with Gasteiger partial charge < -0.3 is 14.2 Å². The summed E-state index contributed by atoms with van der Waals surface area (Å²) in [6, 6.07) is -0.113. The summed E-state index contributed by atoms with van der Waals surface area (Å²) >= 11 is 0. The molecule has 27 heavy (non-hydrogen) atoms. The highest BCUT2D eigenvalue weighted by Crippen LogP contribution is 2.53. The molecule has 0 bridgehead atoms. The van der Waals surface area contributed by atoms with E-state index >= 15 is 0 Å². The fourth-order valence-electron chi connectivity index (χ4n) is 3.61. The van der Waals surface area contributed by atoms with E-state index in [9.17, 15) is 9.36 Å². The van der Waals surface area contributed by atoms with Crippen LogP contribution in [-0.2, 0) is 37.1 Å². The highest BCUT2D eigenvalue weighted by molar-refractivity contribution is 7.48. The summed E-state index contributed by atoms with van der Waals surface area (Å²) in [4.78, 5) is 11.4. The molecule has 2 heterocycles. The zero-order chi connectivity index (χ0) is 20.4. The monoisotopic (exact) mass is 404 g/mol. The van der Waals surface area contributed by atoms with Gasteiger partial charge in [-0.3, -0.25) is 18.4 Å². The Morgan fingerprint density at radius 3 is 2.15 bits per heavy atom. The lowest BCUT2D eigenvalue weighted by molar-refractivity contribution is -0.151. The molecular weight excluding hydrogens is 373 g/mol. The van der Waals surface area contributed by atoms with Crippen LogP contribution in [-0.4, -0.2) is 71.8 Å². The molecule has 154 valence electrons. The molecule has 0 aliphatic carbocycles. The molecule has 8 nitrogen and oxygen atoms in total. The molecule has 0 aromatic carbocycles. The van der Waals surface area contributed by atoms with Crippen LogP contribution in [0.5, 0.6) is 0 Å². The number of carbonyl (C=O) groups is 1. The molecule has 0 N–H and O–H groups in total. The number of hydrogen-bond donors (Lipinski definition) is 0. The van der Waals surface area contributed by atoms with Crippen molar-refractivity contribution >= 4 is 29.5 Å². The SMILES string of the molecule is B[C@@H]1O[C@H](COP(=O)(OC)O[C@H]2C(C)[C@H](B)O[C@@H]2CC)[C@@H](OC(C)=O)C1C. The summed E-state index contributed by atoms with van der Waals surface area (Å²) in [7, 11) is 1.34. The van der Waals surface area contributed by atoms with Gasteiger partial charge >= 0.3 is 13.8 Å². The van der Waals surface area contributed by atoms with Crippen molar-refractivity contribution in [2.24, 2.45) is 11.8 Å². The van der Waals surface area contributed by atoms with Crippen LogP contribution in [0, 0.1) is 11.8 Å². The molecule has 0 aromatic rings. The minimum absolute atomic E-state index is 0.000996. The van der Waals surface area contributed by atoms with Gasteiger partial charge in [0.05, 0.1) is 18.8 Å². The van der Waals surface area contributed by atoms with Crippen LogP contribution in [0.4, 0.5) is 0 Å². The van der Waals surface area contributed by atoms with Crippen LogP contribution in [0.15, 0.2) is 0 Å². The molecule has 0 radical (unpaired) electrons. The van der Waals surface area contributed by atoms with E-state index < -0.39 is 26.0 Å². The number of carbonyl (C=O) groups excluding carboxylic acids is 1. The maximum atomic E-state index is 13.0. The Hall–Kier alpha value is -0.370. The highest BCUT2D eigenvalue weighted by Gasteiger charge is 2.46. The molecule has 9 atom stereocenters. The number of ether oxygens (including phenoxy) is 3. The standard InChI is InChI=1S/C16H31B2O8P/c1-6-11-14(9(3)16(18)24-11)26-27(20,21-5)22-7-12-13(23-10(4)19)8(2)15(17)25-12/h8-9,11-16H,6-7,17-18H2,1-5H3/t8?,9?,11-,12-,13+,14+,15-,16-,27?/m1/s1. The summed E-state index contributed by atoms with van der Waals surface area (Å²) in [5, 5.41) is 0. The fraction of sp³-hybridized carbons (Fsp3) is 0.938. The summed E-state index contributed by atoms with van der Waals surface area (Å²) in [5.41, 5.74) is 0. The smallest absolute Gasteiger partial charge is 0.459 e. The van der Waals surface area contributed by atoms with Gasteiger partial charge in [0.15, 0.2) is 0 Å². The topological polar surface area (TPSA) is 89.5 Å². The third-order valence-corrected chi connectivity index (χ3v) is 7.02. The van der Waals surface area contributed by atoms with Crippen molar-refractivity contribution in [1.82, 2.24) is 0 Å². The number of phosphoric ester groups is 1. The van der Waals surface area contributed by atoms with Crippen molar-refractivity contribution in [3.63, 3.8) is 0 Å². The van der Waals surface area contributed by atoms with Crippen molar-refractivity contribution in [1.29, 1.82) is 0 Å². The second-order valence-electron chi connectivity index (χ2n) is 7.46. The Balaban J connectivity index is 2.02. The van der Waals surface area contributed by atoms with Crippen molar-refractivity contribution < 1.29 is 37.1 Å². The minimum Gasteiger partial charge on any atom is -0.459 e. The van der Waals surface area contributed by atoms with Crippen molar-refractivity contribution in [3.8, 4) is 0 Å². The molecule has 2 rings (SSSR count). The number of esters is 1. The first-order chi connectivity index (χ1) is 12.6. The molecule has 11 heteroatoms. The molecule has 2 aliphatic heterocycles. The Morgan fingerprint density at radius 2 is 1.63 bits per heavy atom. The molecular formula is C16H31B2O8P. The predicted molar refractivity (Wildman–Crippen MR) is 104 cm³/mol. The van der Waals surface area contributed by atoms with Gasteiger partial charge in [-0.05, 0) is 6.42 Å². The van der Waals surface area contributed by atoms with Gasteiger partial charge in [0.2, 0.25) is 0 Å². The second-order valence-corrected chi connectivity index (χ2v) is 9.18. The molecule has 2 saturated heterocycles. The lowest BCUT2D eigenvalue weighted by Crippen LogP contribution is -2.34. The Labute approximate surface area is 163 Å². The molecule has 0 amide bonds. The lowest BCUT2D eigenvalue weighted by atomic mass is 9.86. The van der Waals surface area contributed by atoms with Crippen molar-refractivity contribution in [3.05, 3.63) is 0 Å². The second kappa shape index (κ2) is 9.42. The average molecular weight is 404 g/mol. The summed E-state index contributed by atoms with van der Waals surface area (Å²) in [5.74, 6) is -0.338. The first-order valence-electron chi connectivity index (χ1n) is 9.58. The van der Waals surface area contributed by atoms with Gasteiger partial charge in [-0.15, -0.1) is 0 Å². The molecule has 0 spiro atoms. The third-order valence-electron chi connectivity index (χ3n) is 5.60. The highest BCUT2D eigenvalue weighted by atomic mass is 31.2. The molecule has 2 fully saturated rings. The molecule has 0 saturated carbocycles. The third kappa shape index (κ3) is 5.37. The molecule has 3 unspecified atom stereocenters. The number of hydrogen-bond acceptors (Lipinski definition) is 8. The van der Waals surface area contributed by atoms with Gasteiger partial charge in [-0.2, -0.15) is 0 Å². The van der Waals surface area contributed by atoms with E-state index in [-0.39, 0.29) is 42.7 Å². The Kier molecular flexibility index (Phi) is 7.99. The van der Waals surface area contributed by atoms with Crippen LogP contribution >= 0.6 is 7.82 Å². The zero-order valence-electron chi connectivity index (χ0n) is 17.2. The maximum absolute atomic E-state index is 13.0. The van der Waals surface area contributed by atoms with Crippen LogP contribution in [0.2, 0.25) is 0 Å². The summed E-state index contributed by atoms with van der Waals surface area (Å²) in [6.07, 6.45) is -0.830. The first kappa shape index (κ1) is 22.9. The average Bonchev–Trinajstić information content (AvgIpc) is 3.04. The predicted octanol–water partition coefficient (Wildman–Crippen LogP) is 0.473. The van der Waals surface area contributed by atoms with E-state index in [1.165, 1.54) is 14.0 Å². The normalized spacial score (nSPS) is 41.4. The van der Waals surface area contributed by atoms with Crippen LogP contribution in [0.25, 0.3) is 0 Å². The van der Waals surface area contributed by atoms with Gasteiger partial charge in [0.25, 0.3) is 0 Å². The maximum Gasteiger partial charge on any atom is 0.474 e. The van der Waals surface area contributed by atoms with Crippen LogP contribution in [0.3, 0.4) is 0 Å². The van der Waals surface area contributed by atoms with E-state index in [1.54, 1.807) is 0 Å². The van der Waals surface area contributed by atoms with Gasteiger partial charge in [-0.25, -0.2) is 4.57 Å².